The number of nitrogens with zero attached hydrogens (tertiary/aromatic N) is 1. The van der Waals surface area contributed by atoms with Gasteiger partial charge in [-0.05, 0) is 31.2 Å². The largest absolute Gasteiger partial charge is 0.341 e. The van der Waals surface area contributed by atoms with Gasteiger partial charge in [-0.1, -0.05) is 36.8 Å². The third-order valence-corrected chi connectivity index (χ3v) is 3.67. The van der Waals surface area contributed by atoms with Gasteiger partial charge in [-0.15, -0.1) is 12.4 Å². The summed E-state index contributed by atoms with van der Waals surface area (Å²) in [6, 6.07) is 7.38. The molecule has 0 aromatic heterocycles. The molecule has 1 aromatic rings. The number of nitrogens with two attached hydrogens (primary N) is 1. The Bertz CT molecular complexity index is 419. The summed E-state index contributed by atoms with van der Waals surface area (Å²) in [6.45, 7) is 5.92. The van der Waals surface area contributed by atoms with Crippen LogP contribution in [-0.2, 0) is 4.79 Å². The van der Waals surface area contributed by atoms with Gasteiger partial charge in [0.05, 0.1) is 0 Å². The number of piperidine rings is 1. The van der Waals surface area contributed by atoms with E-state index in [1.807, 2.05) is 36.1 Å². The number of aryl methyl sites for hydroxylation is 1. The van der Waals surface area contributed by atoms with Gasteiger partial charge in [-0.2, -0.15) is 0 Å². The molecule has 0 saturated carbocycles. The molecule has 2 N–H and O–H groups in total. The minimum absolute atomic E-state index is 0. The Balaban J connectivity index is 0.00000180. The maximum Gasteiger partial charge on any atom is 0.244 e. The average molecular weight is 283 g/mol. The number of halogens is 1. The molecule has 1 amide bonds. The van der Waals surface area contributed by atoms with Crippen LogP contribution in [0.15, 0.2) is 24.3 Å². The molecule has 0 spiro atoms. The van der Waals surface area contributed by atoms with Crippen molar-refractivity contribution in [2.75, 3.05) is 13.1 Å². The normalized spacial score (nSPS) is 20.6. The lowest BCUT2D eigenvalue weighted by Gasteiger charge is -2.32. The highest BCUT2D eigenvalue weighted by Gasteiger charge is 2.26. The zero-order chi connectivity index (χ0) is 13.1. The first-order chi connectivity index (χ1) is 8.58. The molecule has 2 rings (SSSR count). The minimum Gasteiger partial charge on any atom is -0.341 e. The van der Waals surface area contributed by atoms with Crippen LogP contribution in [0.5, 0.6) is 0 Å². The van der Waals surface area contributed by atoms with Crippen LogP contribution >= 0.6 is 12.4 Å². The highest BCUT2D eigenvalue weighted by atomic mass is 35.5. The Morgan fingerprint density at radius 1 is 1.37 bits per heavy atom. The quantitative estimate of drug-likeness (QED) is 0.906. The molecule has 4 heteroatoms. The number of hydrogen-bond donors (Lipinski definition) is 1. The molecule has 19 heavy (non-hydrogen) atoms. The molecule has 0 bridgehead atoms. The molecule has 1 saturated heterocycles. The van der Waals surface area contributed by atoms with Crippen LogP contribution in [0.25, 0.3) is 0 Å². The van der Waals surface area contributed by atoms with Gasteiger partial charge in [0.2, 0.25) is 5.91 Å². The molecule has 1 heterocycles. The van der Waals surface area contributed by atoms with Crippen LogP contribution in [0.4, 0.5) is 0 Å². The number of rotatable bonds is 2. The van der Waals surface area contributed by atoms with Crippen LogP contribution in [0.2, 0.25) is 0 Å². The van der Waals surface area contributed by atoms with E-state index < -0.39 is 6.04 Å². The fourth-order valence-electron chi connectivity index (χ4n) is 2.50. The highest BCUT2D eigenvalue weighted by molar-refractivity contribution is 5.85. The van der Waals surface area contributed by atoms with E-state index in [0.29, 0.717) is 5.92 Å². The summed E-state index contributed by atoms with van der Waals surface area (Å²) in [5, 5.41) is 0. The Labute approximate surface area is 121 Å². The summed E-state index contributed by atoms with van der Waals surface area (Å²) in [6.07, 6.45) is 2.30. The van der Waals surface area contributed by atoms with Crippen LogP contribution in [-0.4, -0.2) is 23.9 Å². The summed E-state index contributed by atoms with van der Waals surface area (Å²) in [4.78, 5) is 14.2. The predicted octanol–water partition coefficient (Wildman–Crippen LogP) is 2.68. The highest BCUT2D eigenvalue weighted by Crippen LogP contribution is 2.20. The third-order valence-electron chi connectivity index (χ3n) is 3.67. The van der Waals surface area contributed by atoms with Gasteiger partial charge in [-0.3, -0.25) is 4.79 Å². The molecule has 1 aliphatic heterocycles. The van der Waals surface area contributed by atoms with Gasteiger partial charge >= 0.3 is 0 Å². The molecule has 1 aliphatic rings. The average Bonchev–Trinajstić information content (AvgIpc) is 2.38. The van der Waals surface area contributed by atoms with E-state index >= 15 is 0 Å². The van der Waals surface area contributed by atoms with Gasteiger partial charge < -0.3 is 10.6 Å². The number of amides is 1. The fourth-order valence-corrected chi connectivity index (χ4v) is 2.50. The second-order valence-corrected chi connectivity index (χ2v) is 5.42. The van der Waals surface area contributed by atoms with Crippen molar-refractivity contribution in [3.63, 3.8) is 0 Å². The first kappa shape index (κ1) is 16.0. The maximum absolute atomic E-state index is 12.3. The van der Waals surface area contributed by atoms with E-state index in [1.54, 1.807) is 0 Å². The lowest BCUT2D eigenvalue weighted by atomic mass is 9.98. The van der Waals surface area contributed by atoms with E-state index in [9.17, 15) is 4.79 Å². The molecule has 2 atom stereocenters. The summed E-state index contributed by atoms with van der Waals surface area (Å²) in [5.41, 5.74) is 8.17. The SMILES string of the molecule is Cc1ccc(C(N)C(=O)N2CCCC(C)C2)cc1.Cl. The summed E-state index contributed by atoms with van der Waals surface area (Å²) < 4.78 is 0. The minimum atomic E-state index is -0.518. The Hall–Kier alpha value is -1.06. The van der Waals surface area contributed by atoms with E-state index in [0.717, 1.165) is 25.1 Å². The van der Waals surface area contributed by atoms with Gasteiger partial charge in [-0.25, -0.2) is 0 Å². The van der Waals surface area contributed by atoms with E-state index in [2.05, 4.69) is 6.92 Å². The number of carbonyl (C=O) groups excluding carboxylic acids is 1. The Morgan fingerprint density at radius 2 is 2.00 bits per heavy atom. The van der Waals surface area contributed by atoms with Crippen LogP contribution in [0, 0.1) is 12.8 Å². The molecule has 1 fully saturated rings. The maximum atomic E-state index is 12.3. The number of carbonyl (C=O) groups is 1. The topological polar surface area (TPSA) is 46.3 Å². The van der Waals surface area contributed by atoms with Crippen LogP contribution < -0.4 is 5.73 Å². The standard InChI is InChI=1S/C15H22N2O.ClH/c1-11-5-7-13(8-6-11)14(16)15(18)17-9-3-4-12(2)10-17;/h5-8,12,14H,3-4,9-10,16H2,1-2H3;1H. The van der Waals surface area contributed by atoms with Gasteiger partial charge in [0, 0.05) is 13.1 Å². The van der Waals surface area contributed by atoms with Gasteiger partial charge in [0.25, 0.3) is 0 Å². The van der Waals surface area contributed by atoms with E-state index in [-0.39, 0.29) is 18.3 Å². The lowest BCUT2D eigenvalue weighted by molar-refractivity contribution is -0.134. The fraction of sp³-hybridized carbons (Fsp3) is 0.533. The zero-order valence-electron chi connectivity index (χ0n) is 11.6. The number of benzene rings is 1. The molecule has 0 aliphatic carbocycles. The Morgan fingerprint density at radius 3 is 2.58 bits per heavy atom. The number of likely N-dealkylation sites (tertiary alicyclic amines) is 1. The molecule has 2 unspecified atom stereocenters. The van der Waals surface area contributed by atoms with Crippen molar-refractivity contribution in [2.45, 2.75) is 32.7 Å². The Kier molecular flexibility index (Phi) is 5.83. The third kappa shape index (κ3) is 3.95. The summed E-state index contributed by atoms with van der Waals surface area (Å²) in [7, 11) is 0. The number of hydrogen-bond acceptors (Lipinski definition) is 2. The molecule has 1 aromatic carbocycles. The van der Waals surface area contributed by atoms with E-state index in [4.69, 9.17) is 5.73 Å². The first-order valence-corrected chi connectivity index (χ1v) is 6.69. The van der Waals surface area contributed by atoms with Crippen LogP contribution in [0.1, 0.15) is 36.9 Å². The van der Waals surface area contributed by atoms with Crippen molar-refractivity contribution in [1.29, 1.82) is 0 Å². The van der Waals surface area contributed by atoms with Crippen molar-refractivity contribution >= 4 is 18.3 Å². The van der Waals surface area contributed by atoms with Gasteiger partial charge in [0.15, 0.2) is 0 Å². The van der Waals surface area contributed by atoms with Crippen LogP contribution in [0.3, 0.4) is 0 Å². The summed E-state index contributed by atoms with van der Waals surface area (Å²) >= 11 is 0. The molecule has 106 valence electrons. The van der Waals surface area contributed by atoms with Crippen molar-refractivity contribution < 1.29 is 4.79 Å². The first-order valence-electron chi connectivity index (χ1n) is 6.69. The smallest absolute Gasteiger partial charge is 0.244 e. The second-order valence-electron chi connectivity index (χ2n) is 5.42. The van der Waals surface area contributed by atoms with Crippen molar-refractivity contribution in [3.05, 3.63) is 35.4 Å². The molecule has 3 nitrogen and oxygen atoms in total. The van der Waals surface area contributed by atoms with Crippen molar-refractivity contribution in [1.82, 2.24) is 4.90 Å². The van der Waals surface area contributed by atoms with E-state index in [1.165, 1.54) is 12.0 Å². The lowest BCUT2D eigenvalue weighted by Crippen LogP contribution is -2.43. The molecular weight excluding hydrogens is 260 g/mol. The van der Waals surface area contributed by atoms with Gasteiger partial charge in [0.1, 0.15) is 6.04 Å². The second kappa shape index (κ2) is 6.92. The summed E-state index contributed by atoms with van der Waals surface area (Å²) in [5.74, 6) is 0.651. The van der Waals surface area contributed by atoms with Crippen molar-refractivity contribution in [2.24, 2.45) is 11.7 Å². The predicted molar refractivity (Wildman–Crippen MR) is 80.3 cm³/mol. The van der Waals surface area contributed by atoms with Crippen molar-refractivity contribution in [3.8, 4) is 0 Å². The zero-order valence-corrected chi connectivity index (χ0v) is 12.5. The molecular formula is C15H23ClN2O. The molecule has 0 radical (unpaired) electrons. The monoisotopic (exact) mass is 282 g/mol.